The van der Waals surface area contributed by atoms with Crippen LogP contribution >= 0.6 is 0 Å². The predicted octanol–water partition coefficient (Wildman–Crippen LogP) is 2.71. The standard InChI is InChI=1S/C13H7F3O4/c1-19-13(18)10-3-2-9(20-10)12(17)6-4-7(14)11(16)8(15)5-6/h2-5H,1H3. The Bertz CT molecular complexity index is 668. The van der Waals surface area contributed by atoms with Gasteiger partial charge in [-0.1, -0.05) is 0 Å². The quantitative estimate of drug-likeness (QED) is 0.494. The Morgan fingerprint density at radius 2 is 1.60 bits per heavy atom. The highest BCUT2D eigenvalue weighted by Gasteiger charge is 2.20. The van der Waals surface area contributed by atoms with Crippen LogP contribution in [0.4, 0.5) is 13.2 Å². The third kappa shape index (κ3) is 2.42. The summed E-state index contributed by atoms with van der Waals surface area (Å²) in [5.74, 6) is -6.91. The number of furan rings is 1. The maximum atomic E-state index is 13.0. The summed E-state index contributed by atoms with van der Waals surface area (Å²) in [7, 11) is 1.12. The number of ketones is 1. The summed E-state index contributed by atoms with van der Waals surface area (Å²) >= 11 is 0. The van der Waals surface area contributed by atoms with Gasteiger partial charge in [0.25, 0.3) is 0 Å². The molecule has 0 atom stereocenters. The first-order valence-corrected chi connectivity index (χ1v) is 5.31. The average molecular weight is 284 g/mol. The molecule has 0 fully saturated rings. The molecule has 0 saturated carbocycles. The van der Waals surface area contributed by atoms with Crippen molar-refractivity contribution in [1.82, 2.24) is 0 Å². The van der Waals surface area contributed by atoms with E-state index in [4.69, 9.17) is 4.42 Å². The van der Waals surface area contributed by atoms with Crippen LogP contribution in [0, 0.1) is 17.5 Å². The number of hydrogen-bond acceptors (Lipinski definition) is 4. The molecule has 0 N–H and O–H groups in total. The second-order valence-corrected chi connectivity index (χ2v) is 3.74. The monoisotopic (exact) mass is 284 g/mol. The van der Waals surface area contributed by atoms with Crippen LogP contribution in [-0.2, 0) is 4.74 Å². The number of rotatable bonds is 3. The minimum absolute atomic E-state index is 0.237. The molecule has 0 spiro atoms. The van der Waals surface area contributed by atoms with Crippen molar-refractivity contribution in [3.05, 3.63) is 58.8 Å². The summed E-state index contributed by atoms with van der Waals surface area (Å²) in [5, 5.41) is 0. The van der Waals surface area contributed by atoms with Crippen molar-refractivity contribution >= 4 is 11.8 Å². The Morgan fingerprint density at radius 1 is 1.05 bits per heavy atom. The van der Waals surface area contributed by atoms with E-state index in [2.05, 4.69) is 4.74 Å². The first kappa shape index (κ1) is 13.9. The molecular weight excluding hydrogens is 277 g/mol. The van der Waals surface area contributed by atoms with Crippen LogP contribution in [0.3, 0.4) is 0 Å². The van der Waals surface area contributed by atoms with E-state index in [1.807, 2.05) is 0 Å². The minimum Gasteiger partial charge on any atom is -0.463 e. The summed E-state index contributed by atoms with van der Waals surface area (Å²) in [6.07, 6.45) is 0. The number of halogens is 3. The molecule has 104 valence electrons. The third-order valence-electron chi connectivity index (χ3n) is 2.46. The maximum Gasteiger partial charge on any atom is 0.373 e. The van der Waals surface area contributed by atoms with Gasteiger partial charge in [-0.3, -0.25) is 4.79 Å². The van der Waals surface area contributed by atoms with E-state index in [0.717, 1.165) is 13.2 Å². The molecule has 4 nitrogen and oxygen atoms in total. The van der Waals surface area contributed by atoms with Gasteiger partial charge in [0.15, 0.2) is 23.2 Å². The average Bonchev–Trinajstić information content (AvgIpc) is 2.92. The zero-order valence-electron chi connectivity index (χ0n) is 10.1. The minimum atomic E-state index is -1.67. The van der Waals surface area contributed by atoms with Crippen molar-refractivity contribution in [2.45, 2.75) is 0 Å². The molecule has 0 aliphatic heterocycles. The van der Waals surface area contributed by atoms with Crippen LogP contribution in [0.2, 0.25) is 0 Å². The van der Waals surface area contributed by atoms with Gasteiger partial charge in [-0.05, 0) is 24.3 Å². The molecule has 1 aromatic carbocycles. The van der Waals surface area contributed by atoms with Gasteiger partial charge in [-0.2, -0.15) is 0 Å². The van der Waals surface area contributed by atoms with Gasteiger partial charge >= 0.3 is 5.97 Å². The third-order valence-corrected chi connectivity index (χ3v) is 2.46. The predicted molar refractivity (Wildman–Crippen MR) is 59.8 cm³/mol. The molecule has 0 amide bonds. The zero-order chi connectivity index (χ0) is 14.9. The fourth-order valence-electron chi connectivity index (χ4n) is 1.50. The second kappa shape index (κ2) is 5.20. The molecule has 0 unspecified atom stereocenters. The number of methoxy groups -OCH3 is 1. The van der Waals surface area contributed by atoms with E-state index in [1.165, 1.54) is 6.07 Å². The second-order valence-electron chi connectivity index (χ2n) is 3.74. The lowest BCUT2D eigenvalue weighted by molar-refractivity contribution is 0.0563. The van der Waals surface area contributed by atoms with Gasteiger partial charge in [0.05, 0.1) is 7.11 Å². The summed E-state index contributed by atoms with van der Waals surface area (Å²) in [5.41, 5.74) is -0.438. The van der Waals surface area contributed by atoms with E-state index in [-0.39, 0.29) is 11.5 Å². The fraction of sp³-hybridized carbons (Fsp3) is 0.0769. The molecule has 0 saturated heterocycles. The van der Waals surface area contributed by atoms with Gasteiger partial charge in [0.2, 0.25) is 11.5 Å². The molecule has 0 bridgehead atoms. The van der Waals surface area contributed by atoms with Crippen LogP contribution in [0.1, 0.15) is 26.7 Å². The summed E-state index contributed by atoms with van der Waals surface area (Å²) < 4.78 is 48.1. The molecule has 2 rings (SSSR count). The lowest BCUT2D eigenvalue weighted by Gasteiger charge is -2.00. The molecule has 1 heterocycles. The Hall–Kier alpha value is -2.57. The van der Waals surface area contributed by atoms with Crippen LogP contribution in [0.15, 0.2) is 28.7 Å². The van der Waals surface area contributed by atoms with Gasteiger partial charge in [0.1, 0.15) is 0 Å². The van der Waals surface area contributed by atoms with Crippen molar-refractivity contribution in [3.63, 3.8) is 0 Å². The highest BCUT2D eigenvalue weighted by molar-refractivity contribution is 6.07. The number of esters is 1. The summed E-state index contributed by atoms with van der Waals surface area (Å²) in [6.45, 7) is 0. The first-order valence-electron chi connectivity index (χ1n) is 5.31. The number of carbonyl (C=O) groups is 2. The molecule has 7 heteroatoms. The van der Waals surface area contributed by atoms with Crippen LogP contribution in [0.25, 0.3) is 0 Å². The van der Waals surface area contributed by atoms with Crippen molar-refractivity contribution < 1.29 is 31.9 Å². The van der Waals surface area contributed by atoms with Gasteiger partial charge in [-0.25, -0.2) is 18.0 Å². The van der Waals surface area contributed by atoms with Crippen LogP contribution < -0.4 is 0 Å². The Labute approximate surface area is 110 Å². The zero-order valence-corrected chi connectivity index (χ0v) is 10.1. The topological polar surface area (TPSA) is 56.5 Å². The summed E-state index contributed by atoms with van der Waals surface area (Å²) in [4.78, 5) is 23.0. The van der Waals surface area contributed by atoms with E-state index in [9.17, 15) is 22.8 Å². The Balaban J connectivity index is 2.37. The molecule has 0 aliphatic carbocycles. The number of ether oxygens (including phenoxy) is 1. The van der Waals surface area contributed by atoms with E-state index in [1.54, 1.807) is 0 Å². The smallest absolute Gasteiger partial charge is 0.373 e. The largest absolute Gasteiger partial charge is 0.463 e. The van der Waals surface area contributed by atoms with Gasteiger partial charge in [-0.15, -0.1) is 0 Å². The fourth-order valence-corrected chi connectivity index (χ4v) is 1.50. The molecule has 20 heavy (non-hydrogen) atoms. The van der Waals surface area contributed by atoms with Crippen molar-refractivity contribution in [2.24, 2.45) is 0 Å². The molecule has 2 aromatic rings. The molecule has 0 aliphatic rings. The van der Waals surface area contributed by atoms with Crippen molar-refractivity contribution in [2.75, 3.05) is 7.11 Å². The Kier molecular flexibility index (Phi) is 3.60. The van der Waals surface area contributed by atoms with E-state index in [0.29, 0.717) is 12.1 Å². The van der Waals surface area contributed by atoms with Crippen molar-refractivity contribution in [3.8, 4) is 0 Å². The van der Waals surface area contributed by atoms with E-state index < -0.39 is 34.8 Å². The highest BCUT2D eigenvalue weighted by atomic mass is 19.2. The molecular formula is C13H7F3O4. The lowest BCUT2D eigenvalue weighted by atomic mass is 10.1. The number of carbonyl (C=O) groups excluding carboxylic acids is 2. The SMILES string of the molecule is COC(=O)c1ccc(C(=O)c2cc(F)c(F)c(F)c2)o1. The van der Waals surface area contributed by atoms with E-state index >= 15 is 0 Å². The molecule has 0 radical (unpaired) electrons. The molecule has 1 aromatic heterocycles. The van der Waals surface area contributed by atoms with Gasteiger partial charge in [0, 0.05) is 5.56 Å². The van der Waals surface area contributed by atoms with Crippen molar-refractivity contribution in [1.29, 1.82) is 0 Å². The van der Waals surface area contributed by atoms with Gasteiger partial charge < -0.3 is 9.15 Å². The highest BCUT2D eigenvalue weighted by Crippen LogP contribution is 2.18. The van der Waals surface area contributed by atoms with Crippen LogP contribution in [-0.4, -0.2) is 18.9 Å². The first-order chi connectivity index (χ1) is 9.43. The number of benzene rings is 1. The summed E-state index contributed by atoms with van der Waals surface area (Å²) in [6, 6.07) is 3.41. The normalized spacial score (nSPS) is 10.4. The Morgan fingerprint density at radius 3 is 2.15 bits per heavy atom. The van der Waals surface area contributed by atoms with Crippen LogP contribution in [0.5, 0.6) is 0 Å². The lowest BCUT2D eigenvalue weighted by Crippen LogP contribution is -2.04. The number of hydrogen-bond donors (Lipinski definition) is 0. The maximum absolute atomic E-state index is 13.0.